The molecule has 80 valence electrons. The lowest BCUT2D eigenvalue weighted by molar-refractivity contribution is 1.16. The average molecular weight is 210 g/mol. The Kier molecular flexibility index (Phi) is 1.90. The molecule has 0 radical (unpaired) electrons. The van der Waals surface area contributed by atoms with E-state index in [2.05, 4.69) is 30.1 Å². The number of nitrogen functional groups attached to an aromatic ring is 1. The van der Waals surface area contributed by atoms with Crippen LogP contribution in [0, 0.1) is 0 Å². The van der Waals surface area contributed by atoms with E-state index < -0.39 is 0 Å². The van der Waals surface area contributed by atoms with Crippen LogP contribution in [0.4, 0.5) is 5.69 Å². The van der Waals surface area contributed by atoms with Crippen molar-refractivity contribution in [3.63, 3.8) is 0 Å². The maximum Gasteiger partial charge on any atom is 0.0467 e. The lowest BCUT2D eigenvalue weighted by Gasteiger charge is -2.00. The smallest absolute Gasteiger partial charge is 0.0467 e. The second kappa shape index (κ2) is 3.27. The number of nitrogens with two attached hydrogens (primary N) is 1. The van der Waals surface area contributed by atoms with E-state index in [4.69, 9.17) is 5.73 Å². The Labute approximate surface area is 94.1 Å². The van der Waals surface area contributed by atoms with Crippen molar-refractivity contribution in [1.29, 1.82) is 0 Å². The summed E-state index contributed by atoms with van der Waals surface area (Å²) in [6.07, 6.45) is 1.04. The summed E-state index contributed by atoms with van der Waals surface area (Å²) < 4.78 is 0. The van der Waals surface area contributed by atoms with Crippen LogP contribution in [-0.4, -0.2) is 4.98 Å². The minimum atomic E-state index is 0.819. The van der Waals surface area contributed by atoms with Crippen molar-refractivity contribution in [2.45, 2.75) is 13.3 Å². The SMILES string of the molecule is CCc1cccc2[nH]c3ccc(N)cc3c12. The van der Waals surface area contributed by atoms with Crippen LogP contribution < -0.4 is 5.73 Å². The van der Waals surface area contributed by atoms with Crippen LogP contribution in [0.5, 0.6) is 0 Å². The van der Waals surface area contributed by atoms with Crippen LogP contribution in [0.25, 0.3) is 21.8 Å². The first kappa shape index (κ1) is 9.28. The highest BCUT2D eigenvalue weighted by Crippen LogP contribution is 2.29. The van der Waals surface area contributed by atoms with Crippen molar-refractivity contribution >= 4 is 27.5 Å². The molecule has 2 nitrogen and oxygen atoms in total. The number of fused-ring (bicyclic) bond motifs is 3. The van der Waals surface area contributed by atoms with Crippen LogP contribution in [0.2, 0.25) is 0 Å². The first-order valence-electron chi connectivity index (χ1n) is 5.58. The zero-order valence-electron chi connectivity index (χ0n) is 9.25. The Morgan fingerprint density at radius 3 is 2.81 bits per heavy atom. The predicted octanol–water partition coefficient (Wildman–Crippen LogP) is 3.47. The van der Waals surface area contributed by atoms with Crippen LogP contribution in [-0.2, 0) is 6.42 Å². The van der Waals surface area contributed by atoms with Gasteiger partial charge in [-0.3, -0.25) is 0 Å². The maximum absolute atomic E-state index is 5.85. The minimum absolute atomic E-state index is 0.819. The van der Waals surface area contributed by atoms with Crippen molar-refractivity contribution in [2.24, 2.45) is 0 Å². The quantitative estimate of drug-likeness (QED) is 0.593. The summed E-state index contributed by atoms with van der Waals surface area (Å²) in [7, 11) is 0. The summed E-state index contributed by atoms with van der Waals surface area (Å²) in [5.41, 5.74) is 10.4. The number of H-pyrrole nitrogens is 1. The van der Waals surface area contributed by atoms with E-state index in [0.29, 0.717) is 0 Å². The van der Waals surface area contributed by atoms with Gasteiger partial charge in [-0.2, -0.15) is 0 Å². The van der Waals surface area contributed by atoms with Gasteiger partial charge in [0.25, 0.3) is 0 Å². The van der Waals surface area contributed by atoms with Crippen LogP contribution >= 0.6 is 0 Å². The summed E-state index contributed by atoms with van der Waals surface area (Å²) in [4.78, 5) is 3.42. The third-order valence-electron chi connectivity index (χ3n) is 3.11. The first-order chi connectivity index (χ1) is 7.79. The highest BCUT2D eigenvalue weighted by Gasteiger charge is 2.07. The number of nitrogens with one attached hydrogen (secondary N) is 1. The third-order valence-corrected chi connectivity index (χ3v) is 3.11. The van der Waals surface area contributed by atoms with Gasteiger partial charge in [-0.15, -0.1) is 0 Å². The van der Waals surface area contributed by atoms with Gasteiger partial charge in [0, 0.05) is 27.5 Å². The Hall–Kier alpha value is -1.96. The van der Waals surface area contributed by atoms with Crippen LogP contribution in [0.15, 0.2) is 36.4 Å². The molecule has 16 heavy (non-hydrogen) atoms. The number of aromatic amines is 1. The van der Waals surface area contributed by atoms with Gasteiger partial charge in [-0.25, -0.2) is 0 Å². The van der Waals surface area contributed by atoms with Gasteiger partial charge >= 0.3 is 0 Å². The van der Waals surface area contributed by atoms with Gasteiger partial charge in [0.15, 0.2) is 0 Å². The van der Waals surface area contributed by atoms with Gasteiger partial charge < -0.3 is 10.7 Å². The molecule has 2 heteroatoms. The van der Waals surface area contributed by atoms with Crippen LogP contribution in [0.3, 0.4) is 0 Å². The monoisotopic (exact) mass is 210 g/mol. The van der Waals surface area contributed by atoms with Crippen molar-refractivity contribution in [3.8, 4) is 0 Å². The first-order valence-corrected chi connectivity index (χ1v) is 5.58. The normalized spacial score (nSPS) is 11.3. The topological polar surface area (TPSA) is 41.8 Å². The van der Waals surface area contributed by atoms with Gasteiger partial charge in [-0.1, -0.05) is 19.1 Å². The zero-order chi connectivity index (χ0) is 11.1. The summed E-state index contributed by atoms with van der Waals surface area (Å²) >= 11 is 0. The molecular formula is C14H14N2. The molecule has 3 aromatic rings. The Bertz CT molecular complexity index is 665. The summed E-state index contributed by atoms with van der Waals surface area (Å²) in [6.45, 7) is 2.18. The molecule has 0 saturated carbocycles. The molecule has 1 heterocycles. The van der Waals surface area contributed by atoms with E-state index in [9.17, 15) is 0 Å². The van der Waals surface area contributed by atoms with E-state index in [1.54, 1.807) is 0 Å². The molecule has 0 unspecified atom stereocenters. The van der Waals surface area contributed by atoms with E-state index >= 15 is 0 Å². The fraction of sp³-hybridized carbons (Fsp3) is 0.143. The molecule has 0 spiro atoms. The Balaban J connectivity index is 2.54. The fourth-order valence-corrected chi connectivity index (χ4v) is 2.34. The largest absolute Gasteiger partial charge is 0.399 e. The highest BCUT2D eigenvalue weighted by molar-refractivity contribution is 6.09. The maximum atomic E-state index is 5.85. The number of rotatable bonds is 1. The standard InChI is InChI=1S/C14H14N2/c1-2-9-4-3-5-13-14(9)11-8-10(15)6-7-12(11)16-13/h3-8,16H,2,15H2,1H3. The Morgan fingerprint density at radius 1 is 1.12 bits per heavy atom. The second-order valence-corrected chi connectivity index (χ2v) is 4.12. The van der Waals surface area contributed by atoms with Gasteiger partial charge in [0.05, 0.1) is 0 Å². The van der Waals surface area contributed by atoms with Gasteiger partial charge in [0.1, 0.15) is 0 Å². The molecule has 0 aliphatic rings. The fourth-order valence-electron chi connectivity index (χ4n) is 2.34. The Morgan fingerprint density at radius 2 is 2.00 bits per heavy atom. The molecule has 0 bridgehead atoms. The number of benzene rings is 2. The predicted molar refractivity (Wildman–Crippen MR) is 69.6 cm³/mol. The van der Waals surface area contributed by atoms with E-state index in [0.717, 1.165) is 17.6 Å². The average Bonchev–Trinajstić information content (AvgIpc) is 2.66. The summed E-state index contributed by atoms with van der Waals surface area (Å²) in [5, 5.41) is 2.54. The molecule has 0 fully saturated rings. The number of hydrogen-bond donors (Lipinski definition) is 2. The summed E-state index contributed by atoms with van der Waals surface area (Å²) in [6, 6.07) is 12.4. The van der Waals surface area contributed by atoms with Gasteiger partial charge in [0.2, 0.25) is 0 Å². The lowest BCUT2D eigenvalue weighted by Crippen LogP contribution is -1.83. The lowest BCUT2D eigenvalue weighted by atomic mass is 10.0. The number of aromatic nitrogens is 1. The van der Waals surface area contributed by atoms with E-state index in [-0.39, 0.29) is 0 Å². The number of anilines is 1. The van der Waals surface area contributed by atoms with Crippen LogP contribution in [0.1, 0.15) is 12.5 Å². The number of hydrogen-bond acceptors (Lipinski definition) is 1. The zero-order valence-corrected chi connectivity index (χ0v) is 9.25. The molecule has 0 amide bonds. The highest BCUT2D eigenvalue weighted by atomic mass is 14.7. The van der Waals surface area contributed by atoms with Crippen molar-refractivity contribution in [1.82, 2.24) is 4.98 Å². The molecule has 3 rings (SSSR count). The molecule has 2 aromatic carbocycles. The third kappa shape index (κ3) is 1.20. The van der Waals surface area contributed by atoms with E-state index in [1.807, 2.05) is 18.2 Å². The molecule has 0 saturated heterocycles. The van der Waals surface area contributed by atoms with E-state index in [1.165, 1.54) is 21.9 Å². The van der Waals surface area contributed by atoms with Crippen molar-refractivity contribution in [2.75, 3.05) is 5.73 Å². The molecular weight excluding hydrogens is 196 g/mol. The second-order valence-electron chi connectivity index (χ2n) is 4.12. The van der Waals surface area contributed by atoms with Gasteiger partial charge in [-0.05, 0) is 36.2 Å². The molecule has 0 aliphatic heterocycles. The molecule has 0 aliphatic carbocycles. The molecule has 0 atom stereocenters. The molecule has 1 aromatic heterocycles. The molecule has 3 N–H and O–H groups in total. The number of aryl methyl sites for hydroxylation is 1. The minimum Gasteiger partial charge on any atom is -0.399 e. The summed E-state index contributed by atoms with van der Waals surface area (Å²) in [5.74, 6) is 0. The van der Waals surface area contributed by atoms with Crippen molar-refractivity contribution < 1.29 is 0 Å². The van der Waals surface area contributed by atoms with Crippen molar-refractivity contribution in [3.05, 3.63) is 42.0 Å².